The lowest BCUT2D eigenvalue weighted by Crippen LogP contribution is -2.61. The zero-order valence-electron chi connectivity index (χ0n) is 22.3. The molecule has 2 aliphatic rings. The van der Waals surface area contributed by atoms with E-state index in [1.54, 1.807) is 20.0 Å². The van der Waals surface area contributed by atoms with Crippen LogP contribution in [0.15, 0.2) is 12.3 Å². The van der Waals surface area contributed by atoms with E-state index in [1.165, 1.54) is 6.42 Å². The van der Waals surface area contributed by atoms with Gasteiger partial charge in [-0.15, -0.1) is 0 Å². The molecule has 2 aliphatic heterocycles. The van der Waals surface area contributed by atoms with Gasteiger partial charge in [-0.25, -0.2) is 19.7 Å². The lowest BCUT2D eigenvalue weighted by Gasteiger charge is -2.47. The summed E-state index contributed by atoms with van der Waals surface area (Å²) in [5.74, 6) is 0.738. The van der Waals surface area contributed by atoms with Crippen LogP contribution < -0.4 is 9.80 Å². The second-order valence-electron chi connectivity index (χ2n) is 10.9. The van der Waals surface area contributed by atoms with Gasteiger partial charge in [0.05, 0.1) is 28.7 Å². The van der Waals surface area contributed by atoms with Gasteiger partial charge < -0.3 is 19.8 Å². The van der Waals surface area contributed by atoms with Crippen LogP contribution >= 0.6 is 0 Å². The Morgan fingerprint density at radius 1 is 1.00 bits per heavy atom. The van der Waals surface area contributed by atoms with Crippen LogP contribution in [0.3, 0.4) is 0 Å². The van der Waals surface area contributed by atoms with Crippen molar-refractivity contribution >= 4 is 23.5 Å². The first-order chi connectivity index (χ1) is 17.0. The monoisotopic (exact) mass is 494 g/mol. The summed E-state index contributed by atoms with van der Waals surface area (Å²) in [4.78, 5) is 45.7. The van der Waals surface area contributed by atoms with Gasteiger partial charge in [-0.1, -0.05) is 13.8 Å². The number of carboxylic acid groups (broad SMARTS) is 1. The molecule has 1 amide bonds. The van der Waals surface area contributed by atoms with Crippen molar-refractivity contribution in [3.05, 3.63) is 40.5 Å². The number of aromatic carboxylic acids is 1. The predicted molar refractivity (Wildman–Crippen MR) is 140 cm³/mol. The van der Waals surface area contributed by atoms with Crippen molar-refractivity contribution in [2.24, 2.45) is 0 Å². The molecule has 1 N–H and O–H groups in total. The Balaban J connectivity index is 1.55. The topological polar surface area (TPSA) is 103 Å². The molecule has 2 saturated heterocycles. The van der Waals surface area contributed by atoms with Crippen LogP contribution in [0.25, 0.3) is 0 Å². The second kappa shape index (κ2) is 10.0. The Labute approximate surface area is 213 Å². The highest BCUT2D eigenvalue weighted by molar-refractivity contribution is 5.93. The molecule has 0 radical (unpaired) electrons. The molecule has 0 aliphatic carbocycles. The van der Waals surface area contributed by atoms with Crippen LogP contribution in [0.2, 0.25) is 0 Å². The molecule has 4 heterocycles. The molecule has 0 spiro atoms. The Morgan fingerprint density at radius 2 is 1.69 bits per heavy atom. The van der Waals surface area contributed by atoms with Crippen LogP contribution in [0, 0.1) is 13.8 Å². The average molecular weight is 495 g/mol. The molecule has 194 valence electrons. The molecule has 36 heavy (non-hydrogen) atoms. The van der Waals surface area contributed by atoms with Gasteiger partial charge in [0.1, 0.15) is 11.5 Å². The number of aromatic nitrogens is 3. The van der Waals surface area contributed by atoms with Crippen LogP contribution in [-0.4, -0.2) is 75.1 Å². The van der Waals surface area contributed by atoms with Crippen molar-refractivity contribution in [1.29, 1.82) is 0 Å². The van der Waals surface area contributed by atoms with E-state index in [0.29, 0.717) is 36.6 Å². The van der Waals surface area contributed by atoms with E-state index in [0.717, 1.165) is 43.3 Å². The van der Waals surface area contributed by atoms with Crippen molar-refractivity contribution in [3.63, 3.8) is 0 Å². The number of carbonyl (C=O) groups is 2. The fraction of sp³-hybridized carbons (Fsp3) is 0.593. The van der Waals surface area contributed by atoms with Crippen molar-refractivity contribution in [3.8, 4) is 0 Å². The SMILES string of the molecule is Cc1cc(N2CCN(C(=O)c3cnc(N4CCCCC4)c(C(C)C)n3)C(C)(C)C2)nc(C)c1C(=O)O. The number of hydrogen-bond acceptors (Lipinski definition) is 7. The predicted octanol–water partition coefficient (Wildman–Crippen LogP) is 4.04. The van der Waals surface area contributed by atoms with Crippen LogP contribution in [0.1, 0.15) is 90.7 Å². The van der Waals surface area contributed by atoms with Gasteiger partial charge in [0, 0.05) is 32.7 Å². The summed E-state index contributed by atoms with van der Waals surface area (Å²) in [5, 5.41) is 9.47. The molecule has 0 aromatic carbocycles. The number of aryl methyl sites for hydroxylation is 2. The smallest absolute Gasteiger partial charge is 0.337 e. The number of anilines is 2. The maximum absolute atomic E-state index is 13.7. The van der Waals surface area contributed by atoms with E-state index in [2.05, 4.69) is 28.6 Å². The summed E-state index contributed by atoms with van der Waals surface area (Å²) in [7, 11) is 0. The summed E-state index contributed by atoms with van der Waals surface area (Å²) in [6.45, 7) is 15.5. The minimum absolute atomic E-state index is 0.110. The number of piperazine rings is 1. The molecule has 9 heteroatoms. The van der Waals surface area contributed by atoms with Gasteiger partial charge in [0.2, 0.25) is 0 Å². The van der Waals surface area contributed by atoms with Crippen molar-refractivity contribution in [2.75, 3.05) is 42.5 Å². The lowest BCUT2D eigenvalue weighted by atomic mass is 9.97. The molecule has 2 aromatic rings. The Morgan fingerprint density at radius 3 is 2.28 bits per heavy atom. The van der Waals surface area contributed by atoms with Crippen molar-refractivity contribution in [1.82, 2.24) is 19.9 Å². The number of amides is 1. The van der Waals surface area contributed by atoms with E-state index in [1.807, 2.05) is 24.8 Å². The number of piperidine rings is 1. The third-order valence-electron chi connectivity index (χ3n) is 7.27. The highest BCUT2D eigenvalue weighted by atomic mass is 16.4. The molecule has 4 rings (SSSR count). The highest BCUT2D eigenvalue weighted by Gasteiger charge is 2.38. The number of rotatable bonds is 5. The minimum Gasteiger partial charge on any atom is -0.478 e. The highest BCUT2D eigenvalue weighted by Crippen LogP contribution is 2.30. The lowest BCUT2D eigenvalue weighted by molar-refractivity contribution is 0.0506. The van der Waals surface area contributed by atoms with E-state index in [-0.39, 0.29) is 17.4 Å². The molecule has 2 aromatic heterocycles. The normalized spacial score (nSPS) is 18.0. The summed E-state index contributed by atoms with van der Waals surface area (Å²) >= 11 is 0. The average Bonchev–Trinajstić information content (AvgIpc) is 2.82. The molecule has 2 fully saturated rings. The third-order valence-corrected chi connectivity index (χ3v) is 7.27. The van der Waals surface area contributed by atoms with E-state index < -0.39 is 11.5 Å². The fourth-order valence-corrected chi connectivity index (χ4v) is 5.40. The number of nitrogens with zero attached hydrogens (tertiary/aromatic N) is 6. The summed E-state index contributed by atoms with van der Waals surface area (Å²) < 4.78 is 0. The maximum Gasteiger partial charge on any atom is 0.337 e. The first kappa shape index (κ1) is 25.9. The zero-order chi connectivity index (χ0) is 26.2. The molecule has 0 unspecified atom stereocenters. The van der Waals surface area contributed by atoms with E-state index >= 15 is 0 Å². The van der Waals surface area contributed by atoms with Crippen molar-refractivity contribution < 1.29 is 14.7 Å². The van der Waals surface area contributed by atoms with Crippen LogP contribution in [-0.2, 0) is 0 Å². The molecule has 0 atom stereocenters. The number of carbonyl (C=O) groups excluding carboxylic acids is 1. The number of carboxylic acids is 1. The summed E-state index contributed by atoms with van der Waals surface area (Å²) in [6, 6.07) is 1.82. The second-order valence-corrected chi connectivity index (χ2v) is 10.9. The third kappa shape index (κ3) is 5.01. The van der Waals surface area contributed by atoms with Gasteiger partial charge in [-0.05, 0) is 64.5 Å². The standard InChI is InChI=1S/C27H38N6O3/c1-17(2)23-24(31-10-8-7-9-11-31)28-15-20(30-23)25(34)33-13-12-32(16-27(33,5)6)21-14-18(3)22(26(35)36)19(4)29-21/h14-15,17H,7-13,16H2,1-6H3,(H,35,36). The molecule has 9 nitrogen and oxygen atoms in total. The fourth-order valence-electron chi connectivity index (χ4n) is 5.40. The first-order valence-electron chi connectivity index (χ1n) is 12.9. The first-order valence-corrected chi connectivity index (χ1v) is 12.9. The molecular formula is C27H38N6O3. The Bertz CT molecular complexity index is 1130. The minimum atomic E-state index is -0.965. The Hall–Kier alpha value is -3.23. The molecule has 0 bridgehead atoms. The molecule has 0 saturated carbocycles. The largest absolute Gasteiger partial charge is 0.478 e. The van der Waals surface area contributed by atoms with Crippen molar-refractivity contribution in [2.45, 2.75) is 72.3 Å². The van der Waals surface area contributed by atoms with Crippen LogP contribution in [0.4, 0.5) is 11.6 Å². The van der Waals surface area contributed by atoms with Crippen LogP contribution in [0.5, 0.6) is 0 Å². The van der Waals surface area contributed by atoms with Gasteiger partial charge in [-0.3, -0.25) is 4.79 Å². The van der Waals surface area contributed by atoms with Gasteiger partial charge in [0.15, 0.2) is 5.82 Å². The number of hydrogen-bond donors (Lipinski definition) is 1. The zero-order valence-corrected chi connectivity index (χ0v) is 22.3. The van der Waals surface area contributed by atoms with E-state index in [9.17, 15) is 14.7 Å². The summed E-state index contributed by atoms with van der Waals surface area (Å²) in [6.07, 6.45) is 5.20. The number of pyridine rings is 1. The quantitative estimate of drug-likeness (QED) is 0.664. The maximum atomic E-state index is 13.7. The van der Waals surface area contributed by atoms with Gasteiger partial charge >= 0.3 is 5.97 Å². The summed E-state index contributed by atoms with van der Waals surface area (Å²) in [5.41, 5.74) is 2.23. The molecular weight excluding hydrogens is 456 g/mol. The Kier molecular flexibility index (Phi) is 7.20. The van der Waals surface area contributed by atoms with E-state index in [4.69, 9.17) is 9.97 Å². The van der Waals surface area contributed by atoms with Gasteiger partial charge in [-0.2, -0.15) is 0 Å². The van der Waals surface area contributed by atoms with Gasteiger partial charge in [0.25, 0.3) is 5.91 Å².